The van der Waals surface area contributed by atoms with Crippen LogP contribution in [0.1, 0.15) is 13.3 Å². The Balaban J connectivity index is 2.98. The van der Waals surface area contributed by atoms with Gasteiger partial charge in [-0.3, -0.25) is 14.8 Å². The van der Waals surface area contributed by atoms with Gasteiger partial charge in [-0.05, 0) is 25.1 Å². The lowest BCUT2D eigenvalue weighted by atomic mass is 10.3. The largest absolute Gasteiger partial charge is 0.369 e. The van der Waals surface area contributed by atoms with Gasteiger partial charge in [0.1, 0.15) is 0 Å². The predicted molar refractivity (Wildman–Crippen MR) is 71.8 cm³/mol. The molecule has 0 fully saturated rings. The summed E-state index contributed by atoms with van der Waals surface area (Å²) >= 11 is 5.84. The van der Waals surface area contributed by atoms with Crippen LogP contribution in [0.25, 0.3) is 0 Å². The molecule has 0 saturated heterocycles. The molecule has 1 aromatic carbocycles. The van der Waals surface area contributed by atoms with Crippen LogP contribution in [-0.2, 0) is 14.9 Å². The summed E-state index contributed by atoms with van der Waals surface area (Å²) in [6.07, 6.45) is -0.0391. The molecule has 19 heavy (non-hydrogen) atoms. The number of nitrogens with one attached hydrogen (secondary N) is 1. The highest BCUT2D eigenvalue weighted by Gasteiger charge is 2.12. The SMILES string of the molecule is C/C(CC(N)=O)=N/Nc1cc(S(=O)(=O)O)ccc1Cl. The minimum atomic E-state index is -4.32. The molecule has 0 spiro atoms. The maximum atomic E-state index is 11.0. The Bertz CT molecular complexity index is 628. The molecule has 0 heterocycles. The van der Waals surface area contributed by atoms with E-state index in [1.165, 1.54) is 6.07 Å². The molecule has 4 N–H and O–H groups in total. The van der Waals surface area contributed by atoms with E-state index in [4.69, 9.17) is 21.9 Å². The molecule has 0 aliphatic carbocycles. The first-order valence-corrected chi connectivity index (χ1v) is 6.86. The second kappa shape index (κ2) is 6.00. The summed E-state index contributed by atoms with van der Waals surface area (Å²) in [7, 11) is -4.32. The highest BCUT2D eigenvalue weighted by atomic mass is 35.5. The lowest BCUT2D eigenvalue weighted by Gasteiger charge is -2.06. The summed E-state index contributed by atoms with van der Waals surface area (Å²) in [4.78, 5) is 10.3. The third-order valence-electron chi connectivity index (χ3n) is 2.03. The zero-order valence-corrected chi connectivity index (χ0v) is 11.5. The van der Waals surface area contributed by atoms with Crippen LogP contribution in [0.3, 0.4) is 0 Å². The number of hydrogen-bond acceptors (Lipinski definition) is 5. The molecule has 0 unspecified atom stereocenters. The predicted octanol–water partition coefficient (Wildman–Crippen LogP) is 1.25. The normalized spacial score (nSPS) is 12.3. The van der Waals surface area contributed by atoms with Crippen molar-refractivity contribution in [3.05, 3.63) is 23.2 Å². The highest BCUT2D eigenvalue weighted by Crippen LogP contribution is 2.25. The summed E-state index contributed by atoms with van der Waals surface area (Å²) in [6, 6.07) is 3.58. The highest BCUT2D eigenvalue weighted by molar-refractivity contribution is 7.85. The van der Waals surface area contributed by atoms with E-state index in [0.717, 1.165) is 12.1 Å². The number of hydrazone groups is 1. The van der Waals surface area contributed by atoms with Gasteiger partial charge in [-0.15, -0.1) is 0 Å². The Hall–Kier alpha value is -1.64. The van der Waals surface area contributed by atoms with E-state index in [1.54, 1.807) is 6.92 Å². The minimum Gasteiger partial charge on any atom is -0.369 e. The van der Waals surface area contributed by atoms with Gasteiger partial charge in [0.15, 0.2) is 0 Å². The molecular formula is C10H12ClN3O4S. The zero-order chi connectivity index (χ0) is 14.6. The van der Waals surface area contributed by atoms with Crippen LogP contribution in [0.2, 0.25) is 5.02 Å². The van der Waals surface area contributed by atoms with E-state index < -0.39 is 16.0 Å². The van der Waals surface area contributed by atoms with Crippen LogP contribution in [0, 0.1) is 0 Å². The number of primary amides is 1. The second-order valence-electron chi connectivity index (χ2n) is 3.72. The fraction of sp³-hybridized carbons (Fsp3) is 0.200. The number of nitrogens with two attached hydrogens (primary N) is 1. The Morgan fingerprint density at radius 2 is 2.16 bits per heavy atom. The van der Waals surface area contributed by atoms with E-state index in [0.29, 0.717) is 5.71 Å². The number of benzene rings is 1. The monoisotopic (exact) mass is 305 g/mol. The van der Waals surface area contributed by atoms with Crippen molar-refractivity contribution in [1.29, 1.82) is 0 Å². The van der Waals surface area contributed by atoms with Crippen molar-refractivity contribution in [3.8, 4) is 0 Å². The summed E-state index contributed by atoms with van der Waals surface area (Å²) in [5.41, 5.74) is 8.08. The van der Waals surface area contributed by atoms with E-state index in [-0.39, 0.29) is 22.0 Å². The number of anilines is 1. The van der Waals surface area contributed by atoms with Gasteiger partial charge >= 0.3 is 0 Å². The topological polar surface area (TPSA) is 122 Å². The zero-order valence-electron chi connectivity index (χ0n) is 9.92. The van der Waals surface area contributed by atoms with Crippen molar-refractivity contribution >= 4 is 39.0 Å². The molecule has 104 valence electrons. The lowest BCUT2D eigenvalue weighted by Crippen LogP contribution is -2.15. The Morgan fingerprint density at radius 3 is 2.68 bits per heavy atom. The van der Waals surface area contributed by atoms with Gasteiger partial charge < -0.3 is 5.73 Å². The van der Waals surface area contributed by atoms with Crippen LogP contribution in [0.5, 0.6) is 0 Å². The van der Waals surface area contributed by atoms with Crippen molar-refractivity contribution in [2.24, 2.45) is 10.8 Å². The first-order chi connectivity index (χ1) is 8.70. The van der Waals surface area contributed by atoms with Gasteiger partial charge in [-0.2, -0.15) is 13.5 Å². The fourth-order valence-electron chi connectivity index (χ4n) is 1.20. The second-order valence-corrected chi connectivity index (χ2v) is 5.55. The molecule has 0 bridgehead atoms. The number of amides is 1. The number of carbonyl (C=O) groups excluding carboxylic acids is 1. The first-order valence-electron chi connectivity index (χ1n) is 5.04. The maximum Gasteiger partial charge on any atom is 0.294 e. The summed E-state index contributed by atoms with van der Waals surface area (Å²) < 4.78 is 30.8. The Kier molecular flexibility index (Phi) is 4.87. The molecule has 0 saturated carbocycles. The van der Waals surface area contributed by atoms with Gasteiger partial charge in [0.05, 0.1) is 22.0 Å². The standard InChI is InChI=1S/C10H12ClN3O4S/c1-6(4-10(12)15)13-14-9-5-7(19(16,17)18)2-3-8(9)11/h2-3,5,14H,4H2,1H3,(H2,12,15)(H,16,17,18)/b13-6-. The molecule has 7 nitrogen and oxygen atoms in total. The van der Waals surface area contributed by atoms with Crippen molar-refractivity contribution in [2.75, 3.05) is 5.43 Å². The molecule has 9 heteroatoms. The number of nitrogens with zero attached hydrogens (tertiary/aromatic N) is 1. The molecule has 0 radical (unpaired) electrons. The summed E-state index contributed by atoms with van der Waals surface area (Å²) in [5, 5.41) is 4.03. The smallest absolute Gasteiger partial charge is 0.294 e. The Labute approximate surface area is 115 Å². The average molecular weight is 306 g/mol. The van der Waals surface area contributed by atoms with E-state index in [9.17, 15) is 13.2 Å². The van der Waals surface area contributed by atoms with Gasteiger partial charge in [0.25, 0.3) is 10.1 Å². The number of hydrogen-bond donors (Lipinski definition) is 3. The average Bonchev–Trinajstić information content (AvgIpc) is 2.25. The van der Waals surface area contributed by atoms with Gasteiger partial charge in [0, 0.05) is 5.71 Å². The maximum absolute atomic E-state index is 11.0. The quantitative estimate of drug-likeness (QED) is 0.429. The molecule has 1 aromatic rings. The summed E-state index contributed by atoms with van der Waals surface area (Å²) in [5.74, 6) is -0.541. The van der Waals surface area contributed by atoms with Crippen molar-refractivity contribution in [1.82, 2.24) is 0 Å². The fourth-order valence-corrected chi connectivity index (χ4v) is 1.86. The molecule has 0 aliphatic rings. The van der Waals surface area contributed by atoms with E-state index in [2.05, 4.69) is 10.5 Å². The summed E-state index contributed by atoms with van der Waals surface area (Å²) in [6.45, 7) is 1.57. The molecule has 0 aliphatic heterocycles. The van der Waals surface area contributed by atoms with E-state index in [1.807, 2.05) is 0 Å². The minimum absolute atomic E-state index is 0.0391. The molecule has 0 atom stereocenters. The third-order valence-corrected chi connectivity index (χ3v) is 3.21. The van der Waals surface area contributed by atoms with Gasteiger partial charge in [-0.1, -0.05) is 11.6 Å². The molecule has 1 amide bonds. The number of halogens is 1. The molecular weight excluding hydrogens is 294 g/mol. The number of rotatable bonds is 5. The van der Waals surface area contributed by atoms with Crippen LogP contribution in [0.15, 0.2) is 28.2 Å². The van der Waals surface area contributed by atoms with Crippen molar-refractivity contribution < 1.29 is 17.8 Å². The van der Waals surface area contributed by atoms with Crippen molar-refractivity contribution in [2.45, 2.75) is 18.2 Å². The molecule has 0 aromatic heterocycles. The van der Waals surface area contributed by atoms with Crippen LogP contribution < -0.4 is 11.2 Å². The van der Waals surface area contributed by atoms with Crippen LogP contribution in [-0.4, -0.2) is 24.6 Å². The van der Waals surface area contributed by atoms with Gasteiger partial charge in [-0.25, -0.2) is 0 Å². The van der Waals surface area contributed by atoms with Gasteiger partial charge in [0.2, 0.25) is 5.91 Å². The number of carbonyl (C=O) groups is 1. The lowest BCUT2D eigenvalue weighted by molar-refractivity contribution is -0.116. The Morgan fingerprint density at radius 1 is 1.53 bits per heavy atom. The third kappa shape index (κ3) is 4.86. The van der Waals surface area contributed by atoms with Crippen LogP contribution >= 0.6 is 11.6 Å². The van der Waals surface area contributed by atoms with E-state index >= 15 is 0 Å². The van der Waals surface area contributed by atoms with Crippen LogP contribution in [0.4, 0.5) is 5.69 Å². The molecule has 1 rings (SSSR count). The van der Waals surface area contributed by atoms with Crippen molar-refractivity contribution in [3.63, 3.8) is 0 Å². The first kappa shape index (κ1) is 15.4.